The van der Waals surface area contributed by atoms with Gasteiger partial charge in [0.25, 0.3) is 0 Å². The lowest BCUT2D eigenvalue weighted by Gasteiger charge is -2.24. The van der Waals surface area contributed by atoms with Crippen LogP contribution in [0.3, 0.4) is 0 Å². The fourth-order valence-corrected chi connectivity index (χ4v) is 3.83. The van der Waals surface area contributed by atoms with E-state index in [1.807, 2.05) is 19.1 Å². The number of nitrogens with zero attached hydrogens (tertiary/aromatic N) is 1. The van der Waals surface area contributed by atoms with Crippen molar-refractivity contribution in [3.05, 3.63) is 53.6 Å². The third kappa shape index (κ3) is 5.87. The van der Waals surface area contributed by atoms with Crippen molar-refractivity contribution in [2.45, 2.75) is 26.3 Å². The van der Waals surface area contributed by atoms with Crippen LogP contribution in [0, 0.1) is 0 Å². The molecule has 8 heteroatoms. The highest BCUT2D eigenvalue weighted by molar-refractivity contribution is 7.92. The molecule has 2 rings (SSSR count). The zero-order valence-corrected chi connectivity index (χ0v) is 18.2. The van der Waals surface area contributed by atoms with E-state index in [1.54, 1.807) is 51.5 Å². The molecule has 0 bridgehead atoms. The van der Waals surface area contributed by atoms with Crippen LogP contribution in [-0.2, 0) is 21.2 Å². The lowest BCUT2D eigenvalue weighted by molar-refractivity contribution is -0.120. The minimum Gasteiger partial charge on any atom is -0.497 e. The van der Waals surface area contributed by atoms with Crippen LogP contribution in [0.25, 0.3) is 0 Å². The van der Waals surface area contributed by atoms with Crippen LogP contribution in [0.4, 0.5) is 5.69 Å². The Kier molecular flexibility index (Phi) is 7.50. The molecule has 1 N–H and O–H groups in total. The number of rotatable bonds is 9. The summed E-state index contributed by atoms with van der Waals surface area (Å²) in [5.74, 6) is 0.816. The van der Waals surface area contributed by atoms with Crippen LogP contribution in [0.15, 0.2) is 42.5 Å². The second-order valence-electron chi connectivity index (χ2n) is 6.69. The van der Waals surface area contributed by atoms with Crippen molar-refractivity contribution < 1.29 is 22.7 Å². The maximum Gasteiger partial charge on any atom is 0.241 e. The quantitative estimate of drug-likeness (QED) is 0.674. The molecule has 0 heterocycles. The van der Waals surface area contributed by atoms with Crippen LogP contribution in [0.2, 0.25) is 0 Å². The Morgan fingerprint density at radius 3 is 2.28 bits per heavy atom. The monoisotopic (exact) mass is 420 g/mol. The van der Waals surface area contributed by atoms with E-state index in [1.165, 1.54) is 0 Å². The van der Waals surface area contributed by atoms with Crippen molar-refractivity contribution in [1.82, 2.24) is 5.32 Å². The van der Waals surface area contributed by atoms with Gasteiger partial charge in [-0.3, -0.25) is 9.10 Å². The van der Waals surface area contributed by atoms with Gasteiger partial charge < -0.3 is 14.8 Å². The summed E-state index contributed by atoms with van der Waals surface area (Å²) in [5, 5.41) is 2.84. The van der Waals surface area contributed by atoms with Crippen LogP contribution in [0.1, 0.15) is 31.0 Å². The first-order chi connectivity index (χ1) is 13.7. The summed E-state index contributed by atoms with van der Waals surface area (Å²) in [6.45, 7) is 3.50. The summed E-state index contributed by atoms with van der Waals surface area (Å²) in [6, 6.07) is 12.0. The van der Waals surface area contributed by atoms with Crippen LogP contribution >= 0.6 is 0 Å². The SMILES string of the molecule is CCc1ccc(N(CC(=O)NC(C)c2cc(OC)ccc2OC)S(C)(=O)=O)cc1. The van der Waals surface area contributed by atoms with Crippen molar-refractivity contribution in [2.75, 3.05) is 31.3 Å². The number of sulfonamides is 1. The van der Waals surface area contributed by atoms with Crippen molar-refractivity contribution >= 4 is 21.6 Å². The molecule has 0 aromatic heterocycles. The smallest absolute Gasteiger partial charge is 0.241 e. The predicted octanol–water partition coefficient (Wildman–Crippen LogP) is 2.91. The molecule has 1 amide bonds. The number of methoxy groups -OCH3 is 2. The molecule has 0 fully saturated rings. The van der Waals surface area contributed by atoms with Gasteiger partial charge in [-0.2, -0.15) is 0 Å². The normalized spacial score (nSPS) is 12.2. The predicted molar refractivity (Wildman–Crippen MR) is 114 cm³/mol. The largest absolute Gasteiger partial charge is 0.497 e. The van der Waals surface area contributed by atoms with E-state index in [4.69, 9.17) is 9.47 Å². The van der Waals surface area contributed by atoms with Crippen molar-refractivity contribution in [2.24, 2.45) is 0 Å². The molecular formula is C21H28N2O5S. The van der Waals surface area contributed by atoms with Gasteiger partial charge in [-0.1, -0.05) is 19.1 Å². The topological polar surface area (TPSA) is 84.9 Å². The van der Waals surface area contributed by atoms with Gasteiger partial charge in [0.1, 0.15) is 18.0 Å². The molecule has 1 atom stereocenters. The average Bonchev–Trinajstić information content (AvgIpc) is 2.70. The molecular weight excluding hydrogens is 392 g/mol. The van der Waals surface area contributed by atoms with Crippen LogP contribution < -0.4 is 19.1 Å². The summed E-state index contributed by atoms with van der Waals surface area (Å²) in [4.78, 5) is 12.6. The maximum atomic E-state index is 12.6. The number of nitrogens with one attached hydrogen (secondary N) is 1. The fraction of sp³-hybridized carbons (Fsp3) is 0.381. The van der Waals surface area contributed by atoms with Gasteiger partial charge in [-0.25, -0.2) is 8.42 Å². The van der Waals surface area contributed by atoms with E-state index < -0.39 is 22.0 Å². The Morgan fingerprint density at radius 1 is 1.10 bits per heavy atom. The van der Waals surface area contributed by atoms with E-state index in [0.29, 0.717) is 17.2 Å². The van der Waals surface area contributed by atoms with Crippen LogP contribution in [0.5, 0.6) is 11.5 Å². The number of carbonyl (C=O) groups is 1. The maximum absolute atomic E-state index is 12.6. The number of carbonyl (C=O) groups excluding carboxylic acids is 1. The molecule has 7 nitrogen and oxygen atoms in total. The van der Waals surface area contributed by atoms with Gasteiger partial charge >= 0.3 is 0 Å². The first kappa shape index (κ1) is 22.5. The molecule has 1 unspecified atom stereocenters. The Balaban J connectivity index is 2.20. The number of hydrogen-bond acceptors (Lipinski definition) is 5. The lowest BCUT2D eigenvalue weighted by Crippen LogP contribution is -2.41. The number of anilines is 1. The van der Waals surface area contributed by atoms with E-state index in [0.717, 1.165) is 28.1 Å². The Hall–Kier alpha value is -2.74. The molecule has 0 saturated carbocycles. The minimum absolute atomic E-state index is 0.319. The molecule has 0 aliphatic rings. The summed E-state index contributed by atoms with van der Waals surface area (Å²) >= 11 is 0. The minimum atomic E-state index is -3.63. The second kappa shape index (κ2) is 9.65. The van der Waals surface area contributed by atoms with E-state index >= 15 is 0 Å². The highest BCUT2D eigenvalue weighted by Gasteiger charge is 2.23. The Bertz CT molecular complexity index is 942. The molecule has 0 spiro atoms. The molecule has 0 aliphatic carbocycles. The lowest BCUT2D eigenvalue weighted by atomic mass is 10.1. The van der Waals surface area contributed by atoms with Gasteiger partial charge in [0.2, 0.25) is 15.9 Å². The van der Waals surface area contributed by atoms with Gasteiger partial charge in [0, 0.05) is 5.56 Å². The van der Waals surface area contributed by atoms with Crippen LogP contribution in [-0.4, -0.2) is 41.3 Å². The molecule has 2 aromatic rings. The summed E-state index contributed by atoms with van der Waals surface area (Å²) in [5.41, 5.74) is 2.27. The molecule has 29 heavy (non-hydrogen) atoms. The number of amides is 1. The first-order valence-electron chi connectivity index (χ1n) is 9.27. The zero-order valence-electron chi connectivity index (χ0n) is 17.4. The van der Waals surface area contributed by atoms with E-state index in [9.17, 15) is 13.2 Å². The first-order valence-corrected chi connectivity index (χ1v) is 11.1. The summed E-state index contributed by atoms with van der Waals surface area (Å²) in [7, 11) is -0.524. The van der Waals surface area contributed by atoms with E-state index in [-0.39, 0.29) is 6.54 Å². The van der Waals surface area contributed by atoms with Gasteiger partial charge in [0.05, 0.1) is 32.2 Å². The Labute approximate surface area is 172 Å². The zero-order chi connectivity index (χ0) is 21.6. The molecule has 0 saturated heterocycles. The highest BCUT2D eigenvalue weighted by Crippen LogP contribution is 2.29. The highest BCUT2D eigenvalue weighted by atomic mass is 32.2. The Morgan fingerprint density at radius 2 is 1.76 bits per heavy atom. The third-order valence-corrected chi connectivity index (χ3v) is 5.74. The van der Waals surface area contributed by atoms with Gasteiger partial charge in [0.15, 0.2) is 0 Å². The van der Waals surface area contributed by atoms with E-state index in [2.05, 4.69) is 5.32 Å². The van der Waals surface area contributed by atoms with Crippen molar-refractivity contribution in [3.8, 4) is 11.5 Å². The van der Waals surface area contributed by atoms with Crippen molar-refractivity contribution in [3.63, 3.8) is 0 Å². The molecule has 0 aliphatic heterocycles. The average molecular weight is 421 g/mol. The molecule has 158 valence electrons. The number of hydrogen-bond donors (Lipinski definition) is 1. The summed E-state index contributed by atoms with van der Waals surface area (Å²) < 4.78 is 36.2. The number of aryl methyl sites for hydroxylation is 1. The third-order valence-electron chi connectivity index (χ3n) is 4.60. The second-order valence-corrected chi connectivity index (χ2v) is 8.59. The van der Waals surface area contributed by atoms with Crippen molar-refractivity contribution in [1.29, 1.82) is 0 Å². The number of ether oxygens (including phenoxy) is 2. The standard InChI is InChI=1S/C21H28N2O5S/c1-6-16-7-9-17(10-8-16)23(29(5,25)26)14-21(24)22-15(2)19-13-18(27-3)11-12-20(19)28-4/h7-13,15H,6,14H2,1-5H3,(H,22,24). The van der Waals surface area contributed by atoms with Gasteiger partial charge in [-0.15, -0.1) is 0 Å². The summed E-state index contributed by atoms with van der Waals surface area (Å²) in [6.07, 6.45) is 1.93. The number of benzene rings is 2. The fourth-order valence-electron chi connectivity index (χ4n) is 2.97. The van der Waals surface area contributed by atoms with Gasteiger partial charge in [-0.05, 0) is 49.2 Å². The molecule has 2 aromatic carbocycles. The molecule has 0 radical (unpaired) electrons.